The minimum Gasteiger partial charge on any atom is -0.361 e. The molecule has 9 nitrogen and oxygen atoms in total. The molecule has 5 rings (SSSR count). The maximum atomic E-state index is 13.9. The number of para-hydroxylation sites is 1. The zero-order chi connectivity index (χ0) is 30.3. The number of benzene rings is 3. The third kappa shape index (κ3) is 7.24. The van der Waals surface area contributed by atoms with Gasteiger partial charge in [0.1, 0.15) is 6.04 Å². The number of carbonyl (C=O) groups is 3. The Bertz CT molecular complexity index is 1560. The van der Waals surface area contributed by atoms with Crippen LogP contribution in [0.15, 0.2) is 85.1 Å². The number of anilines is 1. The number of piperazine rings is 1. The van der Waals surface area contributed by atoms with Crippen LogP contribution in [0.1, 0.15) is 34.3 Å². The van der Waals surface area contributed by atoms with Gasteiger partial charge in [-0.15, -0.1) is 0 Å². The van der Waals surface area contributed by atoms with Crippen LogP contribution in [0, 0.1) is 0 Å². The second-order valence-electron chi connectivity index (χ2n) is 11.4. The summed E-state index contributed by atoms with van der Waals surface area (Å²) in [5.74, 6) is -0.648. The van der Waals surface area contributed by atoms with Crippen molar-refractivity contribution in [1.29, 1.82) is 0 Å². The van der Waals surface area contributed by atoms with Crippen LogP contribution in [-0.2, 0) is 11.2 Å². The number of amides is 4. The first kappa shape index (κ1) is 29.8. The fourth-order valence-electron chi connectivity index (χ4n) is 5.55. The topological polar surface area (TPSA) is 101 Å². The molecule has 0 spiro atoms. The number of nitrogens with zero attached hydrogens (tertiary/aromatic N) is 3. The standard InChI is InChI=1S/C34H40N6O3/c1-24(29-23-35-30-15-8-7-14-28(29)30)31(32(41)36-27-13-9-10-25(22-27)16-17-38(2)3)37-34(43)40-20-18-39(19-21-40)33(42)26-11-5-4-6-12-26/h4-15,22-24,31,35H,16-21H2,1-3H3,(H,36,41)(H,37,43)/t24-,31-/m1/s1. The summed E-state index contributed by atoms with van der Waals surface area (Å²) < 4.78 is 0. The van der Waals surface area contributed by atoms with E-state index in [0.717, 1.165) is 35.0 Å². The van der Waals surface area contributed by atoms with Crippen LogP contribution in [0.3, 0.4) is 0 Å². The molecule has 1 fully saturated rings. The van der Waals surface area contributed by atoms with Gasteiger partial charge in [-0.3, -0.25) is 9.59 Å². The molecule has 2 atom stereocenters. The van der Waals surface area contributed by atoms with E-state index in [1.165, 1.54) is 0 Å². The highest BCUT2D eigenvalue weighted by molar-refractivity contribution is 5.98. The van der Waals surface area contributed by atoms with Crippen molar-refractivity contribution < 1.29 is 14.4 Å². The number of likely N-dealkylation sites (N-methyl/N-ethyl adjacent to an activating group) is 1. The Morgan fingerprint density at radius 1 is 0.884 bits per heavy atom. The zero-order valence-corrected chi connectivity index (χ0v) is 25.0. The Morgan fingerprint density at radius 2 is 1.58 bits per heavy atom. The number of hydrogen-bond donors (Lipinski definition) is 3. The summed E-state index contributed by atoms with van der Waals surface area (Å²) in [5.41, 5.74) is 4.38. The lowest BCUT2D eigenvalue weighted by atomic mass is 9.92. The molecule has 0 saturated carbocycles. The molecule has 0 radical (unpaired) electrons. The molecule has 1 aliphatic rings. The monoisotopic (exact) mass is 580 g/mol. The largest absolute Gasteiger partial charge is 0.361 e. The van der Waals surface area contributed by atoms with E-state index in [0.29, 0.717) is 37.4 Å². The van der Waals surface area contributed by atoms with Crippen molar-refractivity contribution in [3.63, 3.8) is 0 Å². The molecule has 1 aromatic heterocycles. The lowest BCUT2D eigenvalue weighted by molar-refractivity contribution is -0.118. The second-order valence-corrected chi connectivity index (χ2v) is 11.4. The summed E-state index contributed by atoms with van der Waals surface area (Å²) in [4.78, 5) is 49.2. The summed E-state index contributed by atoms with van der Waals surface area (Å²) in [6, 6.07) is 23.8. The third-order valence-corrected chi connectivity index (χ3v) is 8.09. The molecule has 0 bridgehead atoms. The van der Waals surface area contributed by atoms with Crippen molar-refractivity contribution >= 4 is 34.4 Å². The van der Waals surface area contributed by atoms with Crippen LogP contribution in [0.25, 0.3) is 10.9 Å². The van der Waals surface area contributed by atoms with Crippen LogP contribution >= 0.6 is 0 Å². The number of urea groups is 1. The first-order chi connectivity index (χ1) is 20.8. The van der Waals surface area contributed by atoms with Gasteiger partial charge in [0.25, 0.3) is 5.91 Å². The predicted molar refractivity (Wildman–Crippen MR) is 170 cm³/mol. The molecule has 0 aliphatic carbocycles. The van der Waals surface area contributed by atoms with E-state index in [2.05, 4.69) is 26.6 Å². The number of fused-ring (bicyclic) bond motifs is 1. The van der Waals surface area contributed by atoms with E-state index in [9.17, 15) is 14.4 Å². The van der Waals surface area contributed by atoms with Gasteiger partial charge >= 0.3 is 6.03 Å². The molecule has 1 saturated heterocycles. The van der Waals surface area contributed by atoms with Gasteiger partial charge in [-0.05, 0) is 62.0 Å². The van der Waals surface area contributed by atoms with E-state index in [1.54, 1.807) is 21.9 Å². The summed E-state index contributed by atoms with van der Waals surface area (Å²) in [7, 11) is 4.07. The number of aromatic nitrogens is 1. The minimum absolute atomic E-state index is 0.0429. The van der Waals surface area contributed by atoms with Crippen LogP contribution in [0.4, 0.5) is 10.5 Å². The zero-order valence-electron chi connectivity index (χ0n) is 25.0. The highest BCUT2D eigenvalue weighted by Crippen LogP contribution is 2.28. The lowest BCUT2D eigenvalue weighted by Gasteiger charge is -2.36. The van der Waals surface area contributed by atoms with Crippen LogP contribution in [0.5, 0.6) is 0 Å². The molecule has 2 heterocycles. The van der Waals surface area contributed by atoms with Gasteiger partial charge in [-0.1, -0.05) is 55.5 Å². The fourth-order valence-corrected chi connectivity index (χ4v) is 5.55. The fraction of sp³-hybridized carbons (Fsp3) is 0.324. The van der Waals surface area contributed by atoms with Crippen molar-refractivity contribution in [3.05, 3.63) is 102 Å². The summed E-state index contributed by atoms with van der Waals surface area (Å²) >= 11 is 0. The number of rotatable bonds is 9. The Labute approximate surface area is 252 Å². The summed E-state index contributed by atoms with van der Waals surface area (Å²) in [5, 5.41) is 7.12. The van der Waals surface area contributed by atoms with Gasteiger partial charge in [0.15, 0.2) is 0 Å². The van der Waals surface area contributed by atoms with E-state index in [1.807, 2.05) is 87.9 Å². The van der Waals surface area contributed by atoms with Gasteiger partial charge in [-0.25, -0.2) is 4.79 Å². The van der Waals surface area contributed by atoms with Crippen LogP contribution in [-0.4, -0.2) is 90.4 Å². The molecule has 224 valence electrons. The number of nitrogens with one attached hydrogen (secondary N) is 3. The molecule has 3 N–H and O–H groups in total. The van der Waals surface area contributed by atoms with E-state index in [-0.39, 0.29) is 23.8 Å². The Morgan fingerprint density at radius 3 is 2.33 bits per heavy atom. The normalized spacial score (nSPS) is 14.9. The molecule has 4 aromatic rings. The van der Waals surface area contributed by atoms with Crippen molar-refractivity contribution in [1.82, 2.24) is 25.0 Å². The van der Waals surface area contributed by atoms with E-state index in [4.69, 9.17) is 0 Å². The minimum atomic E-state index is -0.832. The maximum Gasteiger partial charge on any atom is 0.318 e. The second kappa shape index (κ2) is 13.6. The highest BCUT2D eigenvalue weighted by Gasteiger charge is 2.32. The van der Waals surface area contributed by atoms with Gasteiger partial charge < -0.3 is 30.3 Å². The summed E-state index contributed by atoms with van der Waals surface area (Å²) in [6.07, 6.45) is 2.78. The van der Waals surface area contributed by atoms with Crippen molar-refractivity contribution in [3.8, 4) is 0 Å². The summed E-state index contributed by atoms with van der Waals surface area (Å²) in [6.45, 7) is 4.48. The Balaban J connectivity index is 1.31. The smallest absolute Gasteiger partial charge is 0.318 e. The Hall–Kier alpha value is -4.63. The molecule has 43 heavy (non-hydrogen) atoms. The number of carbonyl (C=O) groups excluding carboxylic acids is 3. The quantitative estimate of drug-likeness (QED) is 0.270. The first-order valence-corrected chi connectivity index (χ1v) is 14.8. The highest BCUT2D eigenvalue weighted by atomic mass is 16.2. The molecular formula is C34H40N6O3. The van der Waals surface area contributed by atoms with Crippen molar-refractivity contribution in [2.24, 2.45) is 0 Å². The Kier molecular flexibility index (Phi) is 9.41. The number of hydrogen-bond acceptors (Lipinski definition) is 4. The number of aromatic amines is 1. The third-order valence-electron chi connectivity index (χ3n) is 8.09. The van der Waals surface area contributed by atoms with Gasteiger partial charge in [0.05, 0.1) is 0 Å². The molecule has 0 unspecified atom stereocenters. The number of H-pyrrole nitrogens is 1. The van der Waals surface area contributed by atoms with Crippen molar-refractivity contribution in [2.75, 3.05) is 52.1 Å². The van der Waals surface area contributed by atoms with Crippen LogP contribution < -0.4 is 10.6 Å². The molecule has 4 amide bonds. The molecule has 3 aromatic carbocycles. The molecule has 1 aliphatic heterocycles. The maximum absolute atomic E-state index is 13.9. The predicted octanol–water partition coefficient (Wildman–Crippen LogP) is 4.55. The van der Waals surface area contributed by atoms with Crippen LogP contribution in [0.2, 0.25) is 0 Å². The van der Waals surface area contributed by atoms with Gasteiger partial charge in [0, 0.05) is 67.0 Å². The van der Waals surface area contributed by atoms with Crippen molar-refractivity contribution in [2.45, 2.75) is 25.3 Å². The SMILES string of the molecule is C[C@H](c1c[nH]c2ccccc12)[C@@H](NC(=O)N1CCN(C(=O)c2ccccc2)CC1)C(=O)Nc1cccc(CCN(C)C)c1. The van der Waals surface area contributed by atoms with E-state index >= 15 is 0 Å². The van der Waals surface area contributed by atoms with E-state index < -0.39 is 6.04 Å². The van der Waals surface area contributed by atoms with Gasteiger partial charge in [-0.2, -0.15) is 0 Å². The van der Waals surface area contributed by atoms with Gasteiger partial charge in [0.2, 0.25) is 5.91 Å². The lowest BCUT2D eigenvalue weighted by Crippen LogP contribution is -2.57. The molecule has 9 heteroatoms. The first-order valence-electron chi connectivity index (χ1n) is 14.8. The average molecular weight is 581 g/mol. The molecular weight excluding hydrogens is 540 g/mol. The average Bonchev–Trinajstić information content (AvgIpc) is 3.47.